The fraction of sp³-hybridized carbons (Fsp3) is 0.167. The van der Waals surface area contributed by atoms with Crippen molar-refractivity contribution in [2.24, 2.45) is 0 Å². The molecule has 0 radical (unpaired) electrons. The van der Waals surface area contributed by atoms with Gasteiger partial charge in [0.2, 0.25) is 0 Å². The van der Waals surface area contributed by atoms with Crippen molar-refractivity contribution in [3.8, 4) is 0 Å². The SMILES string of the molecule is COC(=O)NCc1cc(C(=O)Nc2cn[nH]c2)ccn1. The van der Waals surface area contributed by atoms with Gasteiger partial charge in [0.25, 0.3) is 5.91 Å². The van der Waals surface area contributed by atoms with Gasteiger partial charge in [0.05, 0.1) is 31.2 Å². The minimum atomic E-state index is -0.556. The Balaban J connectivity index is 2.01. The zero-order valence-electron chi connectivity index (χ0n) is 10.7. The molecule has 0 saturated heterocycles. The summed E-state index contributed by atoms with van der Waals surface area (Å²) in [5.74, 6) is -0.284. The zero-order valence-corrected chi connectivity index (χ0v) is 10.7. The number of alkyl carbamates (subject to hydrolysis) is 1. The third-order valence-electron chi connectivity index (χ3n) is 2.43. The highest BCUT2D eigenvalue weighted by Crippen LogP contribution is 2.07. The molecule has 0 spiro atoms. The number of rotatable bonds is 4. The number of methoxy groups -OCH3 is 1. The first kappa shape index (κ1) is 13.5. The second-order valence-electron chi connectivity index (χ2n) is 3.82. The quantitative estimate of drug-likeness (QED) is 0.768. The van der Waals surface area contributed by atoms with E-state index in [1.54, 1.807) is 18.3 Å². The Kier molecular flexibility index (Phi) is 4.28. The van der Waals surface area contributed by atoms with Gasteiger partial charge in [-0.15, -0.1) is 0 Å². The van der Waals surface area contributed by atoms with Crippen LogP contribution >= 0.6 is 0 Å². The summed E-state index contributed by atoms with van der Waals surface area (Å²) >= 11 is 0. The number of pyridine rings is 1. The van der Waals surface area contributed by atoms with E-state index >= 15 is 0 Å². The second-order valence-corrected chi connectivity index (χ2v) is 3.82. The topological polar surface area (TPSA) is 109 Å². The molecule has 2 heterocycles. The number of carbonyl (C=O) groups is 2. The molecule has 8 nitrogen and oxygen atoms in total. The molecule has 2 aromatic rings. The second kappa shape index (κ2) is 6.32. The summed E-state index contributed by atoms with van der Waals surface area (Å²) in [6, 6.07) is 3.17. The van der Waals surface area contributed by atoms with Gasteiger partial charge < -0.3 is 15.4 Å². The number of aromatic nitrogens is 3. The Morgan fingerprint density at radius 1 is 1.45 bits per heavy atom. The van der Waals surface area contributed by atoms with Crippen molar-refractivity contribution in [2.45, 2.75) is 6.54 Å². The molecule has 0 saturated carbocycles. The van der Waals surface area contributed by atoms with Gasteiger partial charge in [0.1, 0.15) is 0 Å². The molecule has 104 valence electrons. The number of nitrogens with zero attached hydrogens (tertiary/aromatic N) is 2. The first-order valence-electron chi connectivity index (χ1n) is 5.76. The van der Waals surface area contributed by atoms with E-state index in [4.69, 9.17) is 0 Å². The summed E-state index contributed by atoms with van der Waals surface area (Å²) in [4.78, 5) is 27.0. The Morgan fingerprint density at radius 2 is 2.30 bits per heavy atom. The van der Waals surface area contributed by atoms with Crippen LogP contribution in [0.2, 0.25) is 0 Å². The molecule has 2 amide bonds. The highest BCUT2D eigenvalue weighted by molar-refractivity contribution is 6.04. The fourth-order valence-electron chi connectivity index (χ4n) is 1.47. The highest BCUT2D eigenvalue weighted by atomic mass is 16.5. The molecule has 0 bridgehead atoms. The smallest absolute Gasteiger partial charge is 0.407 e. The number of hydrogen-bond donors (Lipinski definition) is 3. The molecule has 0 fully saturated rings. The standard InChI is InChI=1S/C12H13N5O3/c1-20-12(19)14-5-9-4-8(2-3-13-9)11(18)17-10-6-15-16-7-10/h2-4,6-7H,5H2,1H3,(H,14,19)(H,15,16)(H,17,18). The maximum atomic E-state index is 12.0. The number of carbonyl (C=O) groups excluding carboxylic acids is 2. The Bertz CT molecular complexity index is 597. The summed E-state index contributed by atoms with van der Waals surface area (Å²) in [5.41, 5.74) is 1.55. The summed E-state index contributed by atoms with van der Waals surface area (Å²) < 4.78 is 4.45. The first-order chi connectivity index (χ1) is 9.69. The number of hydrogen-bond acceptors (Lipinski definition) is 5. The van der Waals surface area contributed by atoms with Crippen molar-refractivity contribution >= 4 is 17.7 Å². The van der Waals surface area contributed by atoms with Crippen molar-refractivity contribution in [1.29, 1.82) is 0 Å². The van der Waals surface area contributed by atoms with E-state index in [1.807, 2.05) is 0 Å². The van der Waals surface area contributed by atoms with Crippen LogP contribution in [0.5, 0.6) is 0 Å². The van der Waals surface area contributed by atoms with Crippen LogP contribution in [-0.4, -0.2) is 34.3 Å². The van der Waals surface area contributed by atoms with Gasteiger partial charge >= 0.3 is 6.09 Å². The van der Waals surface area contributed by atoms with E-state index in [2.05, 4.69) is 30.6 Å². The molecule has 8 heteroatoms. The Morgan fingerprint density at radius 3 is 3.00 bits per heavy atom. The van der Waals surface area contributed by atoms with E-state index in [1.165, 1.54) is 19.5 Å². The van der Waals surface area contributed by atoms with Gasteiger partial charge in [-0.1, -0.05) is 0 Å². The van der Waals surface area contributed by atoms with Gasteiger partial charge in [0, 0.05) is 18.0 Å². The predicted molar refractivity (Wildman–Crippen MR) is 70.0 cm³/mol. The van der Waals surface area contributed by atoms with Crippen LogP contribution < -0.4 is 10.6 Å². The van der Waals surface area contributed by atoms with Crippen molar-refractivity contribution in [1.82, 2.24) is 20.5 Å². The zero-order chi connectivity index (χ0) is 14.4. The summed E-state index contributed by atoms with van der Waals surface area (Å²) in [6.07, 6.45) is 4.01. The maximum Gasteiger partial charge on any atom is 0.407 e. The number of amides is 2. The number of aromatic amines is 1. The van der Waals surface area contributed by atoms with Crippen LogP contribution in [0, 0.1) is 0 Å². The molecule has 2 rings (SSSR count). The number of anilines is 1. The molecule has 3 N–H and O–H groups in total. The van der Waals surface area contributed by atoms with Crippen molar-refractivity contribution in [3.05, 3.63) is 42.0 Å². The number of H-pyrrole nitrogens is 1. The van der Waals surface area contributed by atoms with Gasteiger partial charge in [-0.25, -0.2) is 4.79 Å². The van der Waals surface area contributed by atoms with Crippen LogP contribution in [0.3, 0.4) is 0 Å². The van der Waals surface area contributed by atoms with Crippen molar-refractivity contribution < 1.29 is 14.3 Å². The molecule has 0 aliphatic rings. The summed E-state index contributed by atoms with van der Waals surface area (Å²) in [6.45, 7) is 0.180. The van der Waals surface area contributed by atoms with Crippen LogP contribution in [0.1, 0.15) is 16.1 Å². The molecule has 0 aliphatic heterocycles. The van der Waals surface area contributed by atoms with Crippen molar-refractivity contribution in [3.63, 3.8) is 0 Å². The minimum absolute atomic E-state index is 0.180. The van der Waals surface area contributed by atoms with Crippen LogP contribution in [0.15, 0.2) is 30.7 Å². The van der Waals surface area contributed by atoms with Crippen LogP contribution in [-0.2, 0) is 11.3 Å². The lowest BCUT2D eigenvalue weighted by Crippen LogP contribution is -2.23. The van der Waals surface area contributed by atoms with E-state index in [0.717, 1.165) is 0 Å². The maximum absolute atomic E-state index is 12.0. The molecule has 0 unspecified atom stereocenters. The molecule has 0 aromatic carbocycles. The van der Waals surface area contributed by atoms with E-state index < -0.39 is 6.09 Å². The molecule has 2 aromatic heterocycles. The molecule has 0 atom stereocenters. The van der Waals surface area contributed by atoms with E-state index in [0.29, 0.717) is 16.9 Å². The van der Waals surface area contributed by atoms with E-state index in [-0.39, 0.29) is 12.5 Å². The third-order valence-corrected chi connectivity index (χ3v) is 2.43. The fourth-order valence-corrected chi connectivity index (χ4v) is 1.47. The lowest BCUT2D eigenvalue weighted by Gasteiger charge is -2.06. The van der Waals surface area contributed by atoms with Crippen LogP contribution in [0.25, 0.3) is 0 Å². The summed E-state index contributed by atoms with van der Waals surface area (Å²) in [7, 11) is 1.28. The first-order valence-corrected chi connectivity index (χ1v) is 5.76. The number of ether oxygens (including phenoxy) is 1. The van der Waals surface area contributed by atoms with Gasteiger partial charge in [-0.2, -0.15) is 5.10 Å². The van der Waals surface area contributed by atoms with Gasteiger partial charge in [-0.3, -0.25) is 14.9 Å². The summed E-state index contributed by atoms with van der Waals surface area (Å²) in [5, 5.41) is 11.5. The predicted octanol–water partition coefficient (Wildman–Crippen LogP) is 0.913. The van der Waals surface area contributed by atoms with Gasteiger partial charge in [0.15, 0.2) is 0 Å². The normalized spacial score (nSPS) is 9.85. The minimum Gasteiger partial charge on any atom is -0.453 e. The average molecular weight is 275 g/mol. The number of nitrogens with one attached hydrogen (secondary N) is 3. The monoisotopic (exact) mass is 275 g/mol. The molecule has 20 heavy (non-hydrogen) atoms. The van der Waals surface area contributed by atoms with Crippen molar-refractivity contribution in [2.75, 3.05) is 12.4 Å². The Hall–Kier alpha value is -2.90. The Labute approximate surface area is 114 Å². The largest absolute Gasteiger partial charge is 0.453 e. The van der Waals surface area contributed by atoms with Gasteiger partial charge in [-0.05, 0) is 12.1 Å². The van der Waals surface area contributed by atoms with E-state index in [9.17, 15) is 9.59 Å². The highest BCUT2D eigenvalue weighted by Gasteiger charge is 2.08. The molecular formula is C12H13N5O3. The lowest BCUT2D eigenvalue weighted by atomic mass is 10.2. The molecule has 0 aliphatic carbocycles. The molecular weight excluding hydrogens is 262 g/mol. The lowest BCUT2D eigenvalue weighted by molar-refractivity contribution is 0.102. The van der Waals surface area contributed by atoms with Crippen LogP contribution in [0.4, 0.5) is 10.5 Å². The average Bonchev–Trinajstić information content (AvgIpc) is 2.98. The third kappa shape index (κ3) is 3.55.